The first-order chi connectivity index (χ1) is 15.5. The number of amides is 1. The Morgan fingerprint density at radius 2 is 2.00 bits per heavy atom. The van der Waals surface area contributed by atoms with Crippen LogP contribution in [0.1, 0.15) is 54.9 Å². The maximum Gasteiger partial charge on any atom is 0.342 e. The van der Waals surface area contributed by atoms with Crippen LogP contribution in [0.5, 0.6) is 5.75 Å². The van der Waals surface area contributed by atoms with E-state index in [0.717, 1.165) is 6.42 Å². The smallest absolute Gasteiger partial charge is 0.342 e. The van der Waals surface area contributed by atoms with Gasteiger partial charge in [-0.25, -0.2) is 4.79 Å². The predicted octanol–water partition coefficient (Wildman–Crippen LogP) is 3.31. The summed E-state index contributed by atoms with van der Waals surface area (Å²) in [4.78, 5) is 24.7. The molecule has 2 heterocycles. The highest BCUT2D eigenvalue weighted by Crippen LogP contribution is 2.32. The van der Waals surface area contributed by atoms with E-state index in [1.165, 1.54) is 18.3 Å². The van der Waals surface area contributed by atoms with E-state index in [-0.39, 0.29) is 29.4 Å². The molecule has 0 saturated carbocycles. The number of cyclic esters (lactones) is 1. The molecule has 172 valence electrons. The van der Waals surface area contributed by atoms with Gasteiger partial charge in [-0.05, 0) is 37.3 Å². The third kappa shape index (κ3) is 6.80. The number of aromatic hydroxyl groups is 1. The Morgan fingerprint density at radius 3 is 2.81 bits per heavy atom. The van der Waals surface area contributed by atoms with Gasteiger partial charge in [-0.2, -0.15) is 0 Å². The molecule has 2 aliphatic heterocycles. The standard InChI is InChI=1S/C25H31NO6/c1-2-3-4-5-11-23(29)26-12-7-9-19-16-21-15-18(27)14-20(31-21)13-17-8-6-10-22(28)24(17)25(30)32-19/h3-8,10-12,18-21,27-28H,2,9,13-16H2,1H3,(H,26,29)/b4-3?,11-5-,12-7+/t18-,19?,20?,21+/m0/s1. The number of ether oxygens (including phenoxy) is 2. The average molecular weight is 442 g/mol. The summed E-state index contributed by atoms with van der Waals surface area (Å²) in [6, 6.07) is 4.91. The minimum absolute atomic E-state index is 0.133. The van der Waals surface area contributed by atoms with Crippen molar-refractivity contribution < 1.29 is 29.3 Å². The van der Waals surface area contributed by atoms with Gasteiger partial charge in [0.1, 0.15) is 17.4 Å². The number of hydrogen-bond acceptors (Lipinski definition) is 6. The average Bonchev–Trinajstić information content (AvgIpc) is 2.73. The van der Waals surface area contributed by atoms with Crippen molar-refractivity contribution in [1.82, 2.24) is 5.32 Å². The van der Waals surface area contributed by atoms with Crippen LogP contribution in [0.3, 0.4) is 0 Å². The van der Waals surface area contributed by atoms with Crippen LogP contribution >= 0.6 is 0 Å². The topological polar surface area (TPSA) is 105 Å². The van der Waals surface area contributed by atoms with E-state index in [9.17, 15) is 19.8 Å². The lowest BCUT2D eigenvalue weighted by molar-refractivity contribution is -0.115. The van der Waals surface area contributed by atoms with Crippen LogP contribution in [0, 0.1) is 0 Å². The number of allylic oxidation sites excluding steroid dienone is 3. The number of hydrogen-bond donors (Lipinski definition) is 3. The van der Waals surface area contributed by atoms with Gasteiger partial charge in [0.2, 0.25) is 5.91 Å². The van der Waals surface area contributed by atoms with Crippen LogP contribution in [0.25, 0.3) is 0 Å². The third-order valence-electron chi connectivity index (χ3n) is 5.51. The van der Waals surface area contributed by atoms with Gasteiger partial charge in [-0.1, -0.05) is 43.4 Å². The Hall–Kier alpha value is -2.90. The first kappa shape index (κ1) is 23.8. The van der Waals surface area contributed by atoms with Crippen LogP contribution in [-0.4, -0.2) is 46.5 Å². The van der Waals surface area contributed by atoms with Crippen molar-refractivity contribution in [1.29, 1.82) is 0 Å². The molecule has 1 amide bonds. The number of phenols is 1. The summed E-state index contributed by atoms with van der Waals surface area (Å²) in [6.07, 6.45) is 11.7. The predicted molar refractivity (Wildman–Crippen MR) is 120 cm³/mol. The molecular formula is C25H31NO6. The highest BCUT2D eigenvalue weighted by Gasteiger charge is 2.34. The molecule has 0 radical (unpaired) electrons. The number of carbonyl (C=O) groups excluding carboxylic acids is 2. The van der Waals surface area contributed by atoms with E-state index < -0.39 is 18.2 Å². The Balaban J connectivity index is 1.70. The summed E-state index contributed by atoms with van der Waals surface area (Å²) in [5, 5.41) is 23.2. The van der Waals surface area contributed by atoms with Crippen LogP contribution in [0.2, 0.25) is 0 Å². The first-order valence-electron chi connectivity index (χ1n) is 11.1. The van der Waals surface area contributed by atoms with Crippen LogP contribution in [0.4, 0.5) is 0 Å². The third-order valence-corrected chi connectivity index (χ3v) is 5.51. The van der Waals surface area contributed by atoms with Crippen molar-refractivity contribution in [3.05, 3.63) is 65.9 Å². The molecule has 1 aromatic rings. The van der Waals surface area contributed by atoms with Gasteiger partial charge in [0, 0.05) is 25.1 Å². The number of aliphatic hydroxyl groups is 1. The van der Waals surface area contributed by atoms with Crippen molar-refractivity contribution in [3.63, 3.8) is 0 Å². The molecule has 7 heteroatoms. The number of benzene rings is 1. The number of aliphatic hydroxyl groups excluding tert-OH is 1. The highest BCUT2D eigenvalue weighted by molar-refractivity contribution is 5.94. The number of rotatable bonds is 6. The van der Waals surface area contributed by atoms with E-state index >= 15 is 0 Å². The fourth-order valence-electron chi connectivity index (χ4n) is 4.07. The van der Waals surface area contributed by atoms with Gasteiger partial charge >= 0.3 is 5.97 Å². The van der Waals surface area contributed by atoms with Crippen molar-refractivity contribution >= 4 is 11.9 Å². The van der Waals surface area contributed by atoms with Gasteiger partial charge in [-0.15, -0.1) is 0 Å². The molecule has 2 unspecified atom stereocenters. The lowest BCUT2D eigenvalue weighted by atomic mass is 9.91. The maximum absolute atomic E-state index is 12.9. The summed E-state index contributed by atoms with van der Waals surface area (Å²) in [6.45, 7) is 2.01. The van der Waals surface area contributed by atoms with Crippen molar-refractivity contribution in [2.45, 2.75) is 69.9 Å². The lowest BCUT2D eigenvalue weighted by Gasteiger charge is -2.36. The zero-order chi connectivity index (χ0) is 22.9. The largest absolute Gasteiger partial charge is 0.507 e. The number of carbonyl (C=O) groups is 2. The molecular weight excluding hydrogens is 410 g/mol. The fraction of sp³-hybridized carbons (Fsp3) is 0.440. The van der Waals surface area contributed by atoms with E-state index in [1.807, 2.05) is 19.1 Å². The second-order valence-electron chi connectivity index (χ2n) is 8.13. The monoisotopic (exact) mass is 441 g/mol. The normalized spacial score (nSPS) is 26.2. The molecule has 1 aromatic carbocycles. The molecule has 2 bridgehead atoms. The van der Waals surface area contributed by atoms with Gasteiger partial charge in [0.05, 0.1) is 18.3 Å². The van der Waals surface area contributed by atoms with Crippen molar-refractivity contribution in [2.24, 2.45) is 0 Å². The number of nitrogens with one attached hydrogen (secondary N) is 1. The van der Waals surface area contributed by atoms with E-state index in [2.05, 4.69) is 5.32 Å². The minimum atomic E-state index is -0.577. The molecule has 0 aromatic heterocycles. The number of esters is 1. The molecule has 4 atom stereocenters. The van der Waals surface area contributed by atoms with E-state index in [1.54, 1.807) is 24.3 Å². The highest BCUT2D eigenvalue weighted by atomic mass is 16.5. The summed E-state index contributed by atoms with van der Waals surface area (Å²) >= 11 is 0. The van der Waals surface area contributed by atoms with Crippen LogP contribution in [0.15, 0.2) is 54.8 Å². The molecule has 0 aliphatic carbocycles. The number of fused-ring (bicyclic) bond motifs is 3. The van der Waals surface area contributed by atoms with Gasteiger partial charge in [0.15, 0.2) is 0 Å². The van der Waals surface area contributed by atoms with Gasteiger partial charge in [0.25, 0.3) is 0 Å². The van der Waals surface area contributed by atoms with Crippen LogP contribution in [-0.2, 0) is 20.7 Å². The van der Waals surface area contributed by atoms with Crippen molar-refractivity contribution in [3.8, 4) is 5.75 Å². The summed E-state index contributed by atoms with van der Waals surface area (Å²) in [5.74, 6) is -0.969. The van der Waals surface area contributed by atoms with Crippen LogP contribution < -0.4 is 5.32 Å². The second kappa shape index (κ2) is 11.6. The molecule has 32 heavy (non-hydrogen) atoms. The molecule has 3 rings (SSSR count). The van der Waals surface area contributed by atoms with E-state index in [4.69, 9.17) is 9.47 Å². The van der Waals surface area contributed by atoms with Gasteiger partial charge < -0.3 is 25.0 Å². The minimum Gasteiger partial charge on any atom is -0.507 e. The molecule has 3 N–H and O–H groups in total. The fourth-order valence-corrected chi connectivity index (χ4v) is 4.07. The molecule has 1 fully saturated rings. The van der Waals surface area contributed by atoms with Crippen molar-refractivity contribution in [2.75, 3.05) is 0 Å². The Morgan fingerprint density at radius 1 is 1.19 bits per heavy atom. The van der Waals surface area contributed by atoms with E-state index in [0.29, 0.717) is 37.7 Å². The van der Waals surface area contributed by atoms with Gasteiger partial charge in [-0.3, -0.25) is 4.79 Å². The summed E-state index contributed by atoms with van der Waals surface area (Å²) in [5.41, 5.74) is 0.780. The Kier molecular flexibility index (Phi) is 8.64. The zero-order valence-electron chi connectivity index (χ0n) is 18.3. The zero-order valence-corrected chi connectivity index (χ0v) is 18.3. The first-order valence-corrected chi connectivity index (χ1v) is 11.1. The lowest BCUT2D eigenvalue weighted by Crippen LogP contribution is -2.40. The molecule has 2 aliphatic rings. The summed E-state index contributed by atoms with van der Waals surface area (Å²) in [7, 11) is 0. The quantitative estimate of drug-likeness (QED) is 0.355. The Labute approximate surface area is 188 Å². The Bertz CT molecular complexity index is 890. The molecule has 1 saturated heterocycles. The molecule has 7 nitrogen and oxygen atoms in total. The molecule has 0 spiro atoms. The summed E-state index contributed by atoms with van der Waals surface area (Å²) < 4.78 is 11.9. The SMILES string of the molecule is CCC=C/C=C\C(=O)N/C=C/CC1C[C@H]2C[C@@H](O)CC(Cc3cccc(O)c3C(=O)O1)O2. The maximum atomic E-state index is 12.9. The number of phenolic OH excluding ortho intramolecular Hbond substituents is 1. The second-order valence-corrected chi connectivity index (χ2v) is 8.13.